The molecule has 0 fully saturated rings. The van der Waals surface area contributed by atoms with Crippen molar-refractivity contribution in [2.75, 3.05) is 53.5 Å². The van der Waals surface area contributed by atoms with Crippen LogP contribution < -0.4 is 0 Å². The molecule has 0 saturated carbocycles. The largest absolute Gasteiger partial charge is 0.480 e. The van der Waals surface area contributed by atoms with Gasteiger partial charge in [0, 0.05) is 26.2 Å². The molecule has 0 bridgehead atoms. The summed E-state index contributed by atoms with van der Waals surface area (Å²) in [6.07, 6.45) is 1.05. The Balaban J connectivity index is 3.75. The highest BCUT2D eigenvalue weighted by Gasteiger charge is 2.09. The lowest BCUT2D eigenvalue weighted by Crippen LogP contribution is -2.37. The number of likely N-dealkylation sites (N-methyl/N-ethyl adjacent to an activating group) is 1. The Hall–Kier alpha value is -0.650. The van der Waals surface area contributed by atoms with E-state index in [1.807, 2.05) is 19.0 Å². The Labute approximate surface area is 111 Å². The van der Waals surface area contributed by atoms with Crippen molar-refractivity contribution < 1.29 is 14.6 Å². The molecule has 0 unspecified atom stereocenters. The van der Waals surface area contributed by atoms with Gasteiger partial charge >= 0.3 is 5.97 Å². The average Bonchev–Trinajstić information content (AvgIpc) is 2.23. The standard InChI is InChI=1S/C13H28N2O3/c1-12(2)5-9-18-10-8-15(11-13(16)17)7-6-14(3)4/h12H,5-11H2,1-4H3,(H,16,17). The van der Waals surface area contributed by atoms with E-state index in [-0.39, 0.29) is 6.54 Å². The fourth-order valence-electron chi connectivity index (χ4n) is 1.42. The molecule has 0 amide bonds. The number of aliphatic carboxylic acids is 1. The summed E-state index contributed by atoms with van der Waals surface area (Å²) in [6.45, 7) is 8.07. The van der Waals surface area contributed by atoms with Crippen molar-refractivity contribution in [2.45, 2.75) is 20.3 Å². The molecule has 0 aromatic heterocycles. The monoisotopic (exact) mass is 260 g/mol. The van der Waals surface area contributed by atoms with Crippen molar-refractivity contribution in [3.8, 4) is 0 Å². The van der Waals surface area contributed by atoms with Crippen molar-refractivity contribution in [1.29, 1.82) is 0 Å². The maximum absolute atomic E-state index is 10.7. The van der Waals surface area contributed by atoms with E-state index in [4.69, 9.17) is 9.84 Å². The van der Waals surface area contributed by atoms with E-state index in [1.54, 1.807) is 0 Å². The van der Waals surface area contributed by atoms with Crippen molar-refractivity contribution >= 4 is 5.97 Å². The fraction of sp³-hybridized carbons (Fsp3) is 0.923. The molecule has 0 saturated heterocycles. The number of hydrogen-bond donors (Lipinski definition) is 1. The molecule has 5 nitrogen and oxygen atoms in total. The second-order valence-corrected chi connectivity index (χ2v) is 5.27. The molecule has 0 aliphatic rings. The molecule has 108 valence electrons. The quantitative estimate of drug-likeness (QED) is 0.562. The number of ether oxygens (including phenoxy) is 1. The molecular formula is C13H28N2O3. The summed E-state index contributed by atoms with van der Waals surface area (Å²) in [6, 6.07) is 0. The van der Waals surface area contributed by atoms with Crippen LogP contribution in [0.5, 0.6) is 0 Å². The van der Waals surface area contributed by atoms with Gasteiger partial charge in [-0.25, -0.2) is 0 Å². The van der Waals surface area contributed by atoms with Gasteiger partial charge in [-0.15, -0.1) is 0 Å². The van der Waals surface area contributed by atoms with Crippen LogP contribution in [-0.2, 0) is 9.53 Å². The molecule has 0 spiro atoms. The number of carboxylic acid groups (broad SMARTS) is 1. The molecule has 1 N–H and O–H groups in total. The van der Waals surface area contributed by atoms with Gasteiger partial charge < -0.3 is 14.7 Å². The van der Waals surface area contributed by atoms with Gasteiger partial charge in [0.2, 0.25) is 0 Å². The van der Waals surface area contributed by atoms with E-state index in [0.717, 1.165) is 26.1 Å². The van der Waals surface area contributed by atoms with Crippen molar-refractivity contribution in [3.63, 3.8) is 0 Å². The highest BCUT2D eigenvalue weighted by molar-refractivity contribution is 5.69. The average molecular weight is 260 g/mol. The maximum Gasteiger partial charge on any atom is 0.317 e. The minimum atomic E-state index is -0.782. The van der Waals surface area contributed by atoms with Crippen LogP contribution in [0, 0.1) is 5.92 Å². The zero-order valence-electron chi connectivity index (χ0n) is 12.2. The van der Waals surface area contributed by atoms with E-state index < -0.39 is 5.97 Å². The predicted molar refractivity (Wildman–Crippen MR) is 72.9 cm³/mol. The number of carbonyl (C=O) groups is 1. The van der Waals surface area contributed by atoms with Gasteiger partial charge in [0.05, 0.1) is 13.2 Å². The van der Waals surface area contributed by atoms with E-state index in [0.29, 0.717) is 19.1 Å². The van der Waals surface area contributed by atoms with Crippen molar-refractivity contribution in [3.05, 3.63) is 0 Å². The van der Waals surface area contributed by atoms with Crippen molar-refractivity contribution in [1.82, 2.24) is 9.80 Å². The van der Waals surface area contributed by atoms with Gasteiger partial charge in [-0.3, -0.25) is 9.69 Å². The summed E-state index contributed by atoms with van der Waals surface area (Å²) in [7, 11) is 3.97. The van der Waals surface area contributed by atoms with Crippen LogP contribution in [0.3, 0.4) is 0 Å². The summed E-state index contributed by atoms with van der Waals surface area (Å²) >= 11 is 0. The Morgan fingerprint density at radius 3 is 2.33 bits per heavy atom. The lowest BCUT2D eigenvalue weighted by atomic mass is 10.1. The topological polar surface area (TPSA) is 53.0 Å². The third-order valence-electron chi connectivity index (χ3n) is 2.61. The van der Waals surface area contributed by atoms with E-state index in [9.17, 15) is 4.79 Å². The summed E-state index contributed by atoms with van der Waals surface area (Å²) < 4.78 is 5.52. The van der Waals surface area contributed by atoms with Gasteiger partial charge in [0.1, 0.15) is 0 Å². The predicted octanol–water partition coefficient (Wildman–Crippen LogP) is 0.997. The van der Waals surface area contributed by atoms with Crippen LogP contribution in [0.1, 0.15) is 20.3 Å². The van der Waals surface area contributed by atoms with Gasteiger partial charge in [-0.2, -0.15) is 0 Å². The molecule has 0 aromatic carbocycles. The zero-order chi connectivity index (χ0) is 14.0. The van der Waals surface area contributed by atoms with E-state index >= 15 is 0 Å². The maximum atomic E-state index is 10.7. The lowest BCUT2D eigenvalue weighted by molar-refractivity contribution is -0.138. The summed E-state index contributed by atoms with van der Waals surface area (Å²) in [5, 5.41) is 8.83. The smallest absolute Gasteiger partial charge is 0.317 e. The minimum Gasteiger partial charge on any atom is -0.480 e. The SMILES string of the molecule is CC(C)CCOCCN(CCN(C)C)CC(=O)O. The third kappa shape index (κ3) is 11.8. The van der Waals surface area contributed by atoms with Crippen LogP contribution in [-0.4, -0.2) is 74.4 Å². The molecule has 0 radical (unpaired) electrons. The van der Waals surface area contributed by atoms with Gasteiger partial charge in [0.25, 0.3) is 0 Å². The summed E-state index contributed by atoms with van der Waals surface area (Å²) in [4.78, 5) is 14.7. The number of nitrogens with zero attached hydrogens (tertiary/aromatic N) is 2. The van der Waals surface area contributed by atoms with Gasteiger partial charge in [-0.05, 0) is 26.4 Å². The number of rotatable bonds is 11. The molecule has 0 heterocycles. The van der Waals surface area contributed by atoms with Gasteiger partial charge in [0.15, 0.2) is 0 Å². The highest BCUT2D eigenvalue weighted by atomic mass is 16.5. The minimum absolute atomic E-state index is 0.0847. The normalized spacial score (nSPS) is 11.7. The Morgan fingerprint density at radius 2 is 1.83 bits per heavy atom. The van der Waals surface area contributed by atoms with Gasteiger partial charge in [-0.1, -0.05) is 13.8 Å². The first-order chi connectivity index (χ1) is 8.41. The third-order valence-corrected chi connectivity index (χ3v) is 2.61. The van der Waals surface area contributed by atoms with Crippen LogP contribution >= 0.6 is 0 Å². The molecular weight excluding hydrogens is 232 g/mol. The molecule has 0 aliphatic heterocycles. The molecule has 0 rings (SSSR count). The first-order valence-corrected chi connectivity index (χ1v) is 6.58. The summed E-state index contributed by atoms with van der Waals surface area (Å²) in [5.74, 6) is -0.134. The van der Waals surface area contributed by atoms with Crippen LogP contribution in [0.15, 0.2) is 0 Å². The molecule has 5 heteroatoms. The fourth-order valence-corrected chi connectivity index (χ4v) is 1.42. The second kappa shape index (κ2) is 10.3. The van der Waals surface area contributed by atoms with E-state index in [2.05, 4.69) is 18.7 Å². The Kier molecular flexibility index (Phi) is 9.92. The van der Waals surface area contributed by atoms with Crippen LogP contribution in [0.2, 0.25) is 0 Å². The number of hydrogen-bond acceptors (Lipinski definition) is 4. The van der Waals surface area contributed by atoms with Crippen LogP contribution in [0.4, 0.5) is 0 Å². The lowest BCUT2D eigenvalue weighted by Gasteiger charge is -2.22. The molecule has 0 aromatic rings. The Bertz CT molecular complexity index is 220. The first-order valence-electron chi connectivity index (χ1n) is 6.58. The second-order valence-electron chi connectivity index (χ2n) is 5.27. The molecule has 0 aliphatic carbocycles. The molecule has 18 heavy (non-hydrogen) atoms. The van der Waals surface area contributed by atoms with E-state index in [1.165, 1.54) is 0 Å². The van der Waals surface area contributed by atoms with Crippen LogP contribution in [0.25, 0.3) is 0 Å². The summed E-state index contributed by atoms with van der Waals surface area (Å²) in [5.41, 5.74) is 0. The molecule has 0 atom stereocenters. The number of carboxylic acids is 1. The Morgan fingerprint density at radius 1 is 1.17 bits per heavy atom. The zero-order valence-corrected chi connectivity index (χ0v) is 12.2. The highest BCUT2D eigenvalue weighted by Crippen LogP contribution is 1.99. The van der Waals surface area contributed by atoms with Crippen molar-refractivity contribution in [2.24, 2.45) is 5.92 Å². The first kappa shape index (κ1) is 17.4.